The molecular formula is C16H13NO5S2. The zero-order valence-electron chi connectivity index (χ0n) is 12.6. The lowest BCUT2D eigenvalue weighted by Crippen LogP contribution is -2.48. The molecule has 8 heteroatoms. The van der Waals surface area contributed by atoms with Crippen molar-refractivity contribution in [1.29, 1.82) is 0 Å². The molecule has 2 aliphatic rings. The first kappa shape index (κ1) is 15.5. The summed E-state index contributed by atoms with van der Waals surface area (Å²) in [4.78, 5) is 39.4. The summed E-state index contributed by atoms with van der Waals surface area (Å²) >= 11 is 2.35. The van der Waals surface area contributed by atoms with Crippen molar-refractivity contribution in [3.63, 3.8) is 0 Å². The van der Waals surface area contributed by atoms with Crippen molar-refractivity contribution in [2.24, 2.45) is 5.41 Å². The van der Waals surface area contributed by atoms with Gasteiger partial charge in [-0.05, 0) is 13.0 Å². The number of benzene rings is 1. The smallest absolute Gasteiger partial charge is 0.319 e. The zero-order chi connectivity index (χ0) is 17.1. The SMILES string of the molecule is Cc1ccc2c(c1)[C@@H]1c3sc(=O)[nH]c3SC[C@]1(CC(=O)O)C(=O)O2. The van der Waals surface area contributed by atoms with Gasteiger partial charge in [-0.3, -0.25) is 14.4 Å². The summed E-state index contributed by atoms with van der Waals surface area (Å²) < 4.78 is 5.48. The van der Waals surface area contributed by atoms with Crippen LogP contribution in [0.25, 0.3) is 0 Å². The third kappa shape index (κ3) is 2.13. The molecule has 3 heterocycles. The van der Waals surface area contributed by atoms with Crippen LogP contribution < -0.4 is 9.61 Å². The number of rotatable bonds is 2. The fourth-order valence-electron chi connectivity index (χ4n) is 3.46. The Bertz CT molecular complexity index is 931. The quantitative estimate of drug-likeness (QED) is 0.628. The van der Waals surface area contributed by atoms with Gasteiger partial charge in [0.2, 0.25) is 0 Å². The summed E-state index contributed by atoms with van der Waals surface area (Å²) in [5.74, 6) is -1.37. The average Bonchev–Trinajstić information content (AvgIpc) is 2.88. The largest absolute Gasteiger partial charge is 0.481 e. The van der Waals surface area contributed by atoms with Crippen LogP contribution in [-0.2, 0) is 9.59 Å². The number of carboxylic acids is 1. The molecule has 24 heavy (non-hydrogen) atoms. The number of hydrogen-bond acceptors (Lipinski definition) is 6. The van der Waals surface area contributed by atoms with Crippen LogP contribution in [0.15, 0.2) is 28.0 Å². The van der Waals surface area contributed by atoms with E-state index >= 15 is 0 Å². The van der Waals surface area contributed by atoms with Crippen LogP contribution in [0.5, 0.6) is 5.75 Å². The average molecular weight is 363 g/mol. The Balaban J connectivity index is 2.01. The molecule has 0 fully saturated rings. The predicted octanol–water partition coefficient (Wildman–Crippen LogP) is 2.36. The molecule has 0 unspecified atom stereocenters. The highest BCUT2D eigenvalue weighted by molar-refractivity contribution is 7.99. The van der Waals surface area contributed by atoms with Crippen LogP contribution in [0.2, 0.25) is 0 Å². The first-order valence-corrected chi connectivity index (χ1v) is 9.11. The number of aryl methyl sites for hydroxylation is 1. The van der Waals surface area contributed by atoms with Gasteiger partial charge in [-0.2, -0.15) is 0 Å². The lowest BCUT2D eigenvalue weighted by molar-refractivity contribution is -0.154. The molecule has 2 aromatic rings. The van der Waals surface area contributed by atoms with Gasteiger partial charge < -0.3 is 14.8 Å². The fourth-order valence-corrected chi connectivity index (χ4v) is 6.00. The van der Waals surface area contributed by atoms with Crippen molar-refractivity contribution < 1.29 is 19.4 Å². The maximum atomic E-state index is 12.8. The van der Waals surface area contributed by atoms with E-state index in [-0.39, 0.29) is 17.0 Å². The van der Waals surface area contributed by atoms with E-state index in [2.05, 4.69) is 4.98 Å². The van der Waals surface area contributed by atoms with Crippen LogP contribution >= 0.6 is 23.1 Å². The first-order valence-electron chi connectivity index (χ1n) is 7.31. The Kier molecular flexibility index (Phi) is 3.36. The van der Waals surface area contributed by atoms with Crippen molar-refractivity contribution in [3.8, 4) is 5.75 Å². The molecule has 1 aromatic heterocycles. The molecule has 0 aliphatic carbocycles. The van der Waals surface area contributed by atoms with Gasteiger partial charge in [0, 0.05) is 22.1 Å². The lowest BCUT2D eigenvalue weighted by Gasteiger charge is -2.43. The molecule has 0 saturated heterocycles. The van der Waals surface area contributed by atoms with E-state index in [1.54, 1.807) is 6.07 Å². The van der Waals surface area contributed by atoms with Gasteiger partial charge in [0.1, 0.15) is 11.2 Å². The molecule has 0 amide bonds. The number of thioether (sulfide) groups is 1. The number of carbonyl (C=O) groups is 2. The van der Waals surface area contributed by atoms with Crippen LogP contribution in [0.4, 0.5) is 0 Å². The highest BCUT2D eigenvalue weighted by Gasteiger charge is 2.57. The zero-order valence-corrected chi connectivity index (χ0v) is 14.3. The van der Waals surface area contributed by atoms with Crippen molar-refractivity contribution >= 4 is 35.0 Å². The number of H-pyrrole nitrogens is 1. The van der Waals surface area contributed by atoms with E-state index in [4.69, 9.17) is 4.74 Å². The van der Waals surface area contributed by atoms with E-state index in [1.807, 2.05) is 19.1 Å². The number of thiazole rings is 1. The van der Waals surface area contributed by atoms with E-state index in [0.29, 0.717) is 5.75 Å². The number of aromatic amines is 1. The highest BCUT2D eigenvalue weighted by Crippen LogP contribution is 2.58. The topological polar surface area (TPSA) is 96.5 Å². The highest BCUT2D eigenvalue weighted by atomic mass is 32.2. The summed E-state index contributed by atoms with van der Waals surface area (Å²) in [6, 6.07) is 5.48. The molecule has 0 spiro atoms. The number of esters is 1. The molecule has 0 bridgehead atoms. The number of ether oxygens (including phenoxy) is 1. The second-order valence-electron chi connectivity index (χ2n) is 6.09. The van der Waals surface area contributed by atoms with Crippen LogP contribution in [-0.4, -0.2) is 27.8 Å². The Labute approximate surface area is 144 Å². The monoisotopic (exact) mass is 363 g/mol. The van der Waals surface area contributed by atoms with Crippen molar-refractivity contribution in [1.82, 2.24) is 4.98 Å². The standard InChI is InChI=1S/C16H13NO5S2/c1-7-2-3-9-8(4-7)11-12-13(17-15(21)24-12)23-6-16(11,5-10(18)19)14(20)22-9/h2-4,11H,5-6H2,1H3,(H,17,21)(H,18,19)/t11-,16+/m1/s1. The van der Waals surface area contributed by atoms with Crippen LogP contribution in [0.3, 0.4) is 0 Å². The third-order valence-corrected chi connectivity index (χ3v) is 6.83. The van der Waals surface area contributed by atoms with E-state index in [0.717, 1.165) is 32.4 Å². The van der Waals surface area contributed by atoms with Gasteiger partial charge in [-0.1, -0.05) is 29.0 Å². The second-order valence-corrected chi connectivity index (χ2v) is 8.09. The van der Waals surface area contributed by atoms with E-state index in [9.17, 15) is 19.5 Å². The summed E-state index contributed by atoms with van der Waals surface area (Å²) in [6.45, 7) is 1.92. The maximum absolute atomic E-state index is 12.8. The third-order valence-electron chi connectivity index (χ3n) is 4.48. The number of fused-ring (bicyclic) bond motifs is 5. The normalized spacial score (nSPS) is 24.5. The number of carbonyl (C=O) groups excluding carboxylic acids is 1. The lowest BCUT2D eigenvalue weighted by atomic mass is 9.68. The summed E-state index contributed by atoms with van der Waals surface area (Å²) in [7, 11) is 0. The van der Waals surface area contributed by atoms with Gasteiger partial charge in [-0.25, -0.2) is 0 Å². The van der Waals surface area contributed by atoms with E-state index < -0.39 is 23.3 Å². The molecule has 2 N–H and O–H groups in total. The molecule has 6 nitrogen and oxygen atoms in total. The maximum Gasteiger partial charge on any atom is 0.319 e. The summed E-state index contributed by atoms with van der Waals surface area (Å²) in [5.41, 5.74) is 0.557. The van der Waals surface area contributed by atoms with Crippen molar-refractivity contribution in [2.75, 3.05) is 5.75 Å². The predicted molar refractivity (Wildman–Crippen MR) is 89.0 cm³/mol. The van der Waals surface area contributed by atoms with Gasteiger partial charge >= 0.3 is 16.8 Å². The number of aliphatic carboxylic acids is 1. The van der Waals surface area contributed by atoms with Gasteiger partial charge in [0.25, 0.3) is 0 Å². The van der Waals surface area contributed by atoms with Gasteiger partial charge in [0.05, 0.1) is 11.4 Å². The van der Waals surface area contributed by atoms with Gasteiger partial charge in [0.15, 0.2) is 0 Å². The Morgan fingerprint density at radius 3 is 3.00 bits per heavy atom. The molecule has 4 rings (SSSR count). The number of hydrogen-bond donors (Lipinski definition) is 2. The van der Waals surface area contributed by atoms with Crippen molar-refractivity contribution in [3.05, 3.63) is 43.9 Å². The minimum atomic E-state index is -1.20. The Hall–Kier alpha value is -2.06. The molecule has 2 atom stereocenters. The number of aromatic nitrogens is 1. The van der Waals surface area contributed by atoms with Crippen LogP contribution in [0, 0.1) is 12.3 Å². The molecule has 2 aliphatic heterocycles. The number of nitrogens with one attached hydrogen (secondary N) is 1. The first-order chi connectivity index (χ1) is 11.4. The molecular weight excluding hydrogens is 350 g/mol. The Morgan fingerprint density at radius 2 is 2.25 bits per heavy atom. The summed E-state index contributed by atoms with van der Waals surface area (Å²) in [5, 5.41) is 10.1. The summed E-state index contributed by atoms with van der Waals surface area (Å²) in [6.07, 6.45) is -0.331. The molecule has 0 saturated carbocycles. The fraction of sp³-hybridized carbons (Fsp3) is 0.312. The minimum absolute atomic E-state index is 0.202. The minimum Gasteiger partial charge on any atom is -0.481 e. The molecule has 124 valence electrons. The molecule has 1 aromatic carbocycles. The van der Waals surface area contributed by atoms with Gasteiger partial charge in [-0.15, -0.1) is 11.8 Å². The van der Waals surface area contributed by atoms with Crippen LogP contribution in [0.1, 0.15) is 28.3 Å². The molecule has 0 radical (unpaired) electrons. The second kappa shape index (κ2) is 5.22. The van der Waals surface area contributed by atoms with Crippen molar-refractivity contribution in [2.45, 2.75) is 24.3 Å². The van der Waals surface area contributed by atoms with E-state index in [1.165, 1.54) is 11.8 Å². The Morgan fingerprint density at radius 1 is 1.46 bits per heavy atom. The number of carboxylic acid groups (broad SMARTS) is 1.